The fraction of sp³-hybridized carbons (Fsp3) is 0.312. The molecule has 0 atom stereocenters. The number of ether oxygens (including phenoxy) is 1. The van der Waals surface area contributed by atoms with E-state index in [2.05, 4.69) is 44.0 Å². The van der Waals surface area contributed by atoms with E-state index in [9.17, 15) is 0 Å². The molecule has 1 aliphatic rings. The maximum absolute atomic E-state index is 5.45. The van der Waals surface area contributed by atoms with Crippen LogP contribution in [0.5, 0.6) is 0 Å². The molecule has 0 fully saturated rings. The molecule has 19 heavy (non-hydrogen) atoms. The van der Waals surface area contributed by atoms with E-state index >= 15 is 0 Å². The quantitative estimate of drug-likeness (QED) is 0.786. The van der Waals surface area contributed by atoms with Gasteiger partial charge in [-0.2, -0.15) is 0 Å². The van der Waals surface area contributed by atoms with E-state index < -0.39 is 0 Å². The second-order valence-electron chi connectivity index (χ2n) is 5.11. The molecule has 3 heteroatoms. The molecule has 0 saturated heterocycles. The molecular formula is C16H17NOSe. The van der Waals surface area contributed by atoms with Gasteiger partial charge in [0.15, 0.2) is 0 Å². The van der Waals surface area contributed by atoms with Gasteiger partial charge in [-0.15, -0.1) is 0 Å². The molecule has 2 heterocycles. The van der Waals surface area contributed by atoms with Gasteiger partial charge >= 0.3 is 120 Å². The first kappa shape index (κ1) is 12.9. The summed E-state index contributed by atoms with van der Waals surface area (Å²) in [7, 11) is 0. The number of pyridine rings is 1. The Morgan fingerprint density at radius 2 is 1.68 bits per heavy atom. The van der Waals surface area contributed by atoms with Gasteiger partial charge in [-0.05, 0) is 0 Å². The van der Waals surface area contributed by atoms with Crippen LogP contribution in [-0.4, -0.2) is 19.9 Å². The van der Waals surface area contributed by atoms with Crippen LogP contribution < -0.4 is 9.05 Å². The predicted octanol–water partition coefficient (Wildman–Crippen LogP) is 1.69. The molecule has 0 unspecified atom stereocenters. The van der Waals surface area contributed by atoms with E-state index in [1.165, 1.54) is 36.9 Å². The van der Waals surface area contributed by atoms with Crippen molar-refractivity contribution in [3.05, 3.63) is 52.2 Å². The van der Waals surface area contributed by atoms with Crippen molar-refractivity contribution in [2.45, 2.75) is 34.0 Å². The number of fused-ring (bicyclic) bond motifs is 1. The van der Waals surface area contributed by atoms with Crippen LogP contribution in [0, 0.1) is 20.8 Å². The third kappa shape index (κ3) is 2.59. The normalized spacial score (nSPS) is 13.6. The summed E-state index contributed by atoms with van der Waals surface area (Å²) in [5, 5.41) is 0. The van der Waals surface area contributed by atoms with Gasteiger partial charge in [-0.3, -0.25) is 0 Å². The van der Waals surface area contributed by atoms with Crippen LogP contribution in [-0.2, 0) is 18.0 Å². The predicted molar refractivity (Wildman–Crippen MR) is 78.4 cm³/mol. The molecule has 0 radical (unpaired) electrons. The third-order valence-corrected chi connectivity index (χ3v) is 6.07. The van der Waals surface area contributed by atoms with Crippen LogP contribution in [0.3, 0.4) is 0 Å². The Hall–Kier alpha value is -1.15. The average Bonchev–Trinajstić information content (AvgIpc) is 2.81. The Kier molecular flexibility index (Phi) is 3.44. The van der Waals surface area contributed by atoms with Crippen molar-refractivity contribution in [2.75, 3.05) is 0 Å². The van der Waals surface area contributed by atoms with Gasteiger partial charge < -0.3 is 0 Å². The van der Waals surface area contributed by atoms with Crippen LogP contribution in [0.4, 0.5) is 0 Å². The minimum atomic E-state index is 0.277. The number of rotatable bonds is 2. The summed E-state index contributed by atoms with van der Waals surface area (Å²) in [5.74, 6) is 0. The number of aryl methyl sites for hydroxylation is 3. The van der Waals surface area contributed by atoms with Crippen LogP contribution in [0.15, 0.2) is 24.4 Å². The number of hydrogen-bond acceptors (Lipinski definition) is 2. The number of aromatic nitrogens is 1. The van der Waals surface area contributed by atoms with Crippen LogP contribution in [0.2, 0.25) is 0 Å². The fourth-order valence-corrected chi connectivity index (χ4v) is 4.53. The number of benzene rings is 1. The first-order valence-corrected chi connectivity index (χ1v) is 8.16. The maximum atomic E-state index is 5.45. The molecule has 3 rings (SSSR count). The Morgan fingerprint density at radius 3 is 2.42 bits per heavy atom. The molecule has 2 aromatic rings. The van der Waals surface area contributed by atoms with Gasteiger partial charge in [-0.1, -0.05) is 0 Å². The molecule has 98 valence electrons. The Bertz CT molecular complexity index is 614. The summed E-state index contributed by atoms with van der Waals surface area (Å²) in [6.45, 7) is 8.02. The standard InChI is InChI=1S/C16H17NOSe/c1-10-4-11(2)16(12(3)5-10)19-15-6-13-8-18-9-14(13)7-17-15/h4-7H,8-9H2,1-3H3. The van der Waals surface area contributed by atoms with Crippen molar-refractivity contribution in [3.63, 3.8) is 0 Å². The van der Waals surface area contributed by atoms with Crippen LogP contribution in [0.25, 0.3) is 0 Å². The van der Waals surface area contributed by atoms with E-state index in [0.29, 0.717) is 0 Å². The molecule has 1 aromatic heterocycles. The van der Waals surface area contributed by atoms with Gasteiger partial charge in [0.25, 0.3) is 0 Å². The molecule has 0 saturated carbocycles. The molecule has 0 bridgehead atoms. The van der Waals surface area contributed by atoms with E-state index in [0.717, 1.165) is 13.2 Å². The molecule has 0 N–H and O–H groups in total. The zero-order valence-electron chi connectivity index (χ0n) is 11.5. The molecule has 0 spiro atoms. The Balaban J connectivity index is 1.93. The number of hydrogen-bond donors (Lipinski definition) is 0. The molecule has 0 amide bonds. The fourth-order valence-electron chi connectivity index (χ4n) is 2.53. The van der Waals surface area contributed by atoms with Crippen molar-refractivity contribution >= 4 is 24.0 Å². The second kappa shape index (κ2) is 5.09. The van der Waals surface area contributed by atoms with E-state index in [1.807, 2.05) is 6.20 Å². The molecule has 1 aromatic carbocycles. The SMILES string of the molecule is Cc1cc(C)c([Se]c2cc3c(cn2)COC3)c(C)c1. The Morgan fingerprint density at radius 1 is 1.00 bits per heavy atom. The molecule has 2 nitrogen and oxygen atoms in total. The van der Waals surface area contributed by atoms with Crippen molar-refractivity contribution in [2.24, 2.45) is 0 Å². The van der Waals surface area contributed by atoms with E-state index in [1.54, 1.807) is 0 Å². The van der Waals surface area contributed by atoms with Crippen molar-refractivity contribution in [1.29, 1.82) is 0 Å². The van der Waals surface area contributed by atoms with Crippen molar-refractivity contribution < 1.29 is 4.74 Å². The summed E-state index contributed by atoms with van der Waals surface area (Å²) in [4.78, 5) is 4.60. The van der Waals surface area contributed by atoms with Crippen LogP contribution in [0.1, 0.15) is 27.8 Å². The zero-order valence-corrected chi connectivity index (χ0v) is 13.2. The van der Waals surface area contributed by atoms with E-state index in [4.69, 9.17) is 4.74 Å². The van der Waals surface area contributed by atoms with Crippen molar-refractivity contribution in [1.82, 2.24) is 4.98 Å². The van der Waals surface area contributed by atoms with Crippen LogP contribution >= 0.6 is 0 Å². The molecular weight excluding hydrogens is 301 g/mol. The summed E-state index contributed by atoms with van der Waals surface area (Å²) >= 11 is 0.277. The second-order valence-corrected chi connectivity index (χ2v) is 7.28. The average molecular weight is 318 g/mol. The first-order valence-electron chi connectivity index (χ1n) is 6.45. The monoisotopic (exact) mass is 319 g/mol. The van der Waals surface area contributed by atoms with Crippen molar-refractivity contribution in [3.8, 4) is 0 Å². The van der Waals surface area contributed by atoms with Gasteiger partial charge in [-0.25, -0.2) is 0 Å². The first-order chi connectivity index (χ1) is 9.13. The summed E-state index contributed by atoms with van der Waals surface area (Å²) in [6.07, 6.45) is 1.98. The zero-order chi connectivity index (χ0) is 13.4. The summed E-state index contributed by atoms with van der Waals surface area (Å²) in [5.41, 5.74) is 6.67. The Labute approximate surface area is 120 Å². The molecule has 1 aliphatic heterocycles. The topological polar surface area (TPSA) is 22.1 Å². The van der Waals surface area contributed by atoms with Gasteiger partial charge in [0.1, 0.15) is 0 Å². The summed E-state index contributed by atoms with van der Waals surface area (Å²) in [6, 6.07) is 6.75. The minimum absolute atomic E-state index is 0.277. The number of nitrogens with zero attached hydrogens (tertiary/aromatic N) is 1. The third-order valence-electron chi connectivity index (χ3n) is 3.38. The summed E-state index contributed by atoms with van der Waals surface area (Å²) < 4.78 is 8.11. The van der Waals surface area contributed by atoms with E-state index in [-0.39, 0.29) is 15.0 Å². The molecule has 0 aliphatic carbocycles. The van der Waals surface area contributed by atoms with Gasteiger partial charge in [0, 0.05) is 0 Å². The van der Waals surface area contributed by atoms with Gasteiger partial charge in [0.2, 0.25) is 0 Å². The van der Waals surface area contributed by atoms with Gasteiger partial charge in [0.05, 0.1) is 0 Å².